The molecule has 0 radical (unpaired) electrons. The van der Waals surface area contributed by atoms with Gasteiger partial charge in [0.2, 0.25) is 0 Å². The largest absolute Gasteiger partial charge is 0.311 e. The second kappa shape index (κ2) is 7.58. The summed E-state index contributed by atoms with van der Waals surface area (Å²) in [5.41, 5.74) is 1.50. The molecule has 0 aromatic carbocycles. The zero-order valence-corrected chi connectivity index (χ0v) is 14.2. The number of piperazine rings is 1. The van der Waals surface area contributed by atoms with Crippen molar-refractivity contribution >= 4 is 11.3 Å². The van der Waals surface area contributed by atoms with Gasteiger partial charge in [-0.1, -0.05) is 27.2 Å². The molecule has 1 aromatic heterocycles. The topological polar surface area (TPSA) is 15.3 Å². The van der Waals surface area contributed by atoms with Crippen molar-refractivity contribution in [3.8, 4) is 0 Å². The molecule has 0 amide bonds. The van der Waals surface area contributed by atoms with Crippen molar-refractivity contribution in [1.29, 1.82) is 0 Å². The van der Waals surface area contributed by atoms with Gasteiger partial charge >= 0.3 is 0 Å². The van der Waals surface area contributed by atoms with Gasteiger partial charge in [-0.25, -0.2) is 0 Å². The van der Waals surface area contributed by atoms with Gasteiger partial charge in [-0.2, -0.15) is 11.3 Å². The zero-order valence-electron chi connectivity index (χ0n) is 13.4. The Balaban J connectivity index is 2.01. The van der Waals surface area contributed by atoms with E-state index in [-0.39, 0.29) is 0 Å². The van der Waals surface area contributed by atoms with Crippen LogP contribution in [0.15, 0.2) is 16.8 Å². The normalized spacial score (nSPS) is 26.1. The minimum Gasteiger partial charge on any atom is -0.311 e. The highest BCUT2D eigenvalue weighted by molar-refractivity contribution is 7.07. The van der Waals surface area contributed by atoms with Crippen LogP contribution >= 0.6 is 11.3 Å². The van der Waals surface area contributed by atoms with E-state index < -0.39 is 0 Å². The van der Waals surface area contributed by atoms with Crippen LogP contribution in [0.1, 0.15) is 46.1 Å². The van der Waals surface area contributed by atoms with Gasteiger partial charge < -0.3 is 5.32 Å². The summed E-state index contributed by atoms with van der Waals surface area (Å²) in [6.07, 6.45) is 3.76. The molecule has 3 unspecified atom stereocenters. The van der Waals surface area contributed by atoms with Crippen LogP contribution in [0.5, 0.6) is 0 Å². The summed E-state index contributed by atoms with van der Waals surface area (Å²) < 4.78 is 0. The van der Waals surface area contributed by atoms with Crippen molar-refractivity contribution in [3.05, 3.63) is 22.4 Å². The standard InChI is InChI=1S/C17H30N2S/c1-5-6-16-11-19(17(10-18-16)13(2)3)14(4)9-15-7-8-20-12-15/h7-8,12-14,16-18H,5-6,9-11H2,1-4H3. The third kappa shape index (κ3) is 4.06. The molecule has 0 aliphatic carbocycles. The predicted octanol–water partition coefficient (Wildman–Crippen LogP) is 3.78. The molecular weight excluding hydrogens is 264 g/mol. The number of thiophene rings is 1. The summed E-state index contributed by atoms with van der Waals surface area (Å²) >= 11 is 1.81. The number of nitrogens with zero attached hydrogens (tertiary/aromatic N) is 1. The highest BCUT2D eigenvalue weighted by Crippen LogP contribution is 2.22. The van der Waals surface area contributed by atoms with E-state index >= 15 is 0 Å². The number of rotatable bonds is 6. The lowest BCUT2D eigenvalue weighted by Crippen LogP contribution is -2.60. The third-order valence-electron chi connectivity index (χ3n) is 4.56. The van der Waals surface area contributed by atoms with Gasteiger partial charge in [0.15, 0.2) is 0 Å². The highest BCUT2D eigenvalue weighted by Gasteiger charge is 2.32. The van der Waals surface area contributed by atoms with Crippen LogP contribution < -0.4 is 5.32 Å². The molecule has 0 spiro atoms. The van der Waals surface area contributed by atoms with Crippen LogP contribution in [0, 0.1) is 5.92 Å². The first kappa shape index (κ1) is 16.0. The fourth-order valence-electron chi connectivity index (χ4n) is 3.39. The van der Waals surface area contributed by atoms with E-state index in [1.165, 1.54) is 31.4 Å². The first-order valence-corrected chi connectivity index (χ1v) is 9.06. The summed E-state index contributed by atoms with van der Waals surface area (Å²) in [6, 6.07) is 4.27. The van der Waals surface area contributed by atoms with E-state index in [1.807, 2.05) is 11.3 Å². The molecule has 3 atom stereocenters. The molecule has 0 bridgehead atoms. The van der Waals surface area contributed by atoms with Crippen molar-refractivity contribution < 1.29 is 0 Å². The van der Waals surface area contributed by atoms with Gasteiger partial charge in [0.05, 0.1) is 0 Å². The molecule has 1 aromatic rings. The highest BCUT2D eigenvalue weighted by atomic mass is 32.1. The SMILES string of the molecule is CCCC1CN(C(C)Cc2ccsc2)C(C(C)C)CN1. The Morgan fingerprint density at radius 3 is 2.80 bits per heavy atom. The first-order valence-electron chi connectivity index (χ1n) is 8.12. The predicted molar refractivity (Wildman–Crippen MR) is 89.5 cm³/mol. The monoisotopic (exact) mass is 294 g/mol. The van der Waals surface area contributed by atoms with Crippen LogP contribution in [0.3, 0.4) is 0 Å². The van der Waals surface area contributed by atoms with E-state index in [0.29, 0.717) is 18.1 Å². The summed E-state index contributed by atoms with van der Waals surface area (Å²) in [5, 5.41) is 8.25. The van der Waals surface area contributed by atoms with Gasteiger partial charge in [0.1, 0.15) is 0 Å². The lowest BCUT2D eigenvalue weighted by atomic mass is 9.94. The molecule has 114 valence electrons. The summed E-state index contributed by atoms with van der Waals surface area (Å²) in [5.74, 6) is 0.718. The van der Waals surface area contributed by atoms with E-state index in [2.05, 4.69) is 54.7 Å². The number of nitrogens with one attached hydrogen (secondary N) is 1. The number of hydrogen-bond donors (Lipinski definition) is 1. The van der Waals surface area contributed by atoms with E-state index in [4.69, 9.17) is 0 Å². The maximum Gasteiger partial charge on any atom is 0.0247 e. The number of hydrogen-bond acceptors (Lipinski definition) is 3. The van der Waals surface area contributed by atoms with Crippen molar-refractivity contribution in [2.45, 2.75) is 65.1 Å². The quantitative estimate of drug-likeness (QED) is 0.859. The second-order valence-electron chi connectivity index (χ2n) is 6.59. The average molecular weight is 295 g/mol. The summed E-state index contributed by atoms with van der Waals surface area (Å²) in [7, 11) is 0. The van der Waals surface area contributed by atoms with Crippen LogP contribution in [0.25, 0.3) is 0 Å². The molecule has 0 saturated carbocycles. The van der Waals surface area contributed by atoms with Crippen LogP contribution in [0.4, 0.5) is 0 Å². The summed E-state index contributed by atoms with van der Waals surface area (Å²) in [4.78, 5) is 2.76. The Morgan fingerprint density at radius 2 is 2.20 bits per heavy atom. The fourth-order valence-corrected chi connectivity index (χ4v) is 4.08. The van der Waals surface area contributed by atoms with Crippen LogP contribution in [-0.4, -0.2) is 36.1 Å². The van der Waals surface area contributed by atoms with Gasteiger partial charge in [-0.15, -0.1) is 0 Å². The van der Waals surface area contributed by atoms with Gasteiger partial charge in [0, 0.05) is 31.2 Å². The zero-order chi connectivity index (χ0) is 14.5. The van der Waals surface area contributed by atoms with Crippen LogP contribution in [-0.2, 0) is 6.42 Å². The van der Waals surface area contributed by atoms with Crippen molar-refractivity contribution in [2.75, 3.05) is 13.1 Å². The minimum absolute atomic E-state index is 0.637. The summed E-state index contributed by atoms with van der Waals surface area (Å²) in [6.45, 7) is 11.8. The van der Waals surface area contributed by atoms with Gasteiger partial charge in [0.25, 0.3) is 0 Å². The van der Waals surface area contributed by atoms with E-state index in [1.54, 1.807) is 0 Å². The Bertz CT molecular complexity index is 374. The fraction of sp³-hybridized carbons (Fsp3) is 0.765. The van der Waals surface area contributed by atoms with E-state index in [9.17, 15) is 0 Å². The maximum absolute atomic E-state index is 3.76. The molecule has 3 heteroatoms. The molecule has 1 aliphatic heterocycles. The lowest BCUT2D eigenvalue weighted by molar-refractivity contribution is 0.0602. The first-order chi connectivity index (χ1) is 9.61. The Kier molecular flexibility index (Phi) is 6.06. The molecule has 1 aliphatic rings. The molecule has 20 heavy (non-hydrogen) atoms. The molecule has 2 nitrogen and oxygen atoms in total. The Labute approximate surface area is 128 Å². The minimum atomic E-state index is 0.637. The second-order valence-corrected chi connectivity index (χ2v) is 7.37. The third-order valence-corrected chi connectivity index (χ3v) is 5.29. The lowest BCUT2D eigenvalue weighted by Gasteiger charge is -2.45. The molecular formula is C17H30N2S. The van der Waals surface area contributed by atoms with Crippen molar-refractivity contribution in [1.82, 2.24) is 10.2 Å². The molecule has 1 saturated heterocycles. The average Bonchev–Trinajstić information content (AvgIpc) is 2.91. The molecule has 2 heterocycles. The van der Waals surface area contributed by atoms with Crippen molar-refractivity contribution in [2.24, 2.45) is 5.92 Å². The molecule has 1 fully saturated rings. The van der Waals surface area contributed by atoms with Crippen molar-refractivity contribution in [3.63, 3.8) is 0 Å². The van der Waals surface area contributed by atoms with Gasteiger partial charge in [-0.05, 0) is 48.1 Å². The Hall–Kier alpha value is -0.380. The Morgan fingerprint density at radius 1 is 1.40 bits per heavy atom. The smallest absolute Gasteiger partial charge is 0.0247 e. The molecule has 2 rings (SSSR count). The van der Waals surface area contributed by atoms with Gasteiger partial charge in [-0.3, -0.25) is 4.90 Å². The molecule has 1 N–H and O–H groups in total. The van der Waals surface area contributed by atoms with Crippen LogP contribution in [0.2, 0.25) is 0 Å². The van der Waals surface area contributed by atoms with E-state index in [0.717, 1.165) is 12.5 Å². The maximum atomic E-state index is 3.76.